The zero-order valence-corrected chi connectivity index (χ0v) is 19.9. The normalized spacial score (nSPS) is 11.8. The molecule has 0 aliphatic carbocycles. The minimum atomic E-state index is -0.954. The zero-order chi connectivity index (χ0) is 23.9. The van der Waals surface area contributed by atoms with Gasteiger partial charge in [-0.2, -0.15) is 0 Å². The summed E-state index contributed by atoms with van der Waals surface area (Å²) in [6.45, 7) is 4.65. The van der Waals surface area contributed by atoms with E-state index in [0.717, 1.165) is 37.8 Å². The molecule has 4 aromatic rings. The fourth-order valence-electron chi connectivity index (χ4n) is 3.51. The number of carboxylic acid groups (broad SMARTS) is 1. The summed E-state index contributed by atoms with van der Waals surface area (Å²) in [6.07, 6.45) is 3.18. The molecule has 2 aromatic heterocycles. The average Bonchev–Trinajstić information content (AvgIpc) is 3.24. The molecule has 0 aliphatic rings. The van der Waals surface area contributed by atoms with E-state index in [-0.39, 0.29) is 0 Å². The van der Waals surface area contributed by atoms with Gasteiger partial charge in [0.25, 0.3) is 0 Å². The van der Waals surface area contributed by atoms with Gasteiger partial charge in [-0.05, 0) is 48.7 Å². The first-order valence-electron chi connectivity index (χ1n) is 11.1. The number of nitrogens with zero attached hydrogens (tertiary/aromatic N) is 2. The molecular weight excluding hydrogens is 448 g/mol. The quantitative estimate of drug-likeness (QED) is 0.313. The molecule has 2 heterocycles. The van der Waals surface area contributed by atoms with Gasteiger partial charge in [0.2, 0.25) is 0 Å². The van der Waals surface area contributed by atoms with E-state index in [0.29, 0.717) is 25.5 Å². The molecule has 1 atom stereocenters. The van der Waals surface area contributed by atoms with E-state index in [2.05, 4.69) is 23.0 Å². The number of aryl methyl sites for hydroxylation is 1. The van der Waals surface area contributed by atoms with Crippen LogP contribution in [0.2, 0.25) is 0 Å². The first-order chi connectivity index (χ1) is 16.5. The van der Waals surface area contributed by atoms with E-state index in [1.54, 1.807) is 18.3 Å². The highest BCUT2D eigenvalue weighted by atomic mass is 32.1. The van der Waals surface area contributed by atoms with Crippen molar-refractivity contribution < 1.29 is 19.4 Å². The van der Waals surface area contributed by atoms with E-state index in [4.69, 9.17) is 9.47 Å². The van der Waals surface area contributed by atoms with Crippen LogP contribution in [0.5, 0.6) is 5.75 Å². The Bertz CT molecular complexity index is 1220. The Hall–Kier alpha value is -3.55. The van der Waals surface area contributed by atoms with Crippen LogP contribution in [0.25, 0.3) is 21.8 Å². The molecule has 7 heteroatoms. The second-order valence-corrected chi connectivity index (χ2v) is 8.93. The Morgan fingerprint density at radius 3 is 2.38 bits per heavy atom. The molecule has 0 spiro atoms. The van der Waals surface area contributed by atoms with Gasteiger partial charge >= 0.3 is 5.97 Å². The molecule has 0 bridgehead atoms. The molecule has 1 N–H and O–H groups in total. The van der Waals surface area contributed by atoms with Gasteiger partial charge in [-0.25, -0.2) is 14.8 Å². The Morgan fingerprint density at radius 1 is 1.03 bits per heavy atom. The van der Waals surface area contributed by atoms with Crippen molar-refractivity contribution in [3.8, 4) is 27.6 Å². The first-order valence-corrected chi connectivity index (χ1v) is 11.9. The van der Waals surface area contributed by atoms with Crippen molar-refractivity contribution in [2.75, 3.05) is 6.61 Å². The molecule has 34 heavy (non-hydrogen) atoms. The topological polar surface area (TPSA) is 81.5 Å². The van der Waals surface area contributed by atoms with Crippen LogP contribution in [0.4, 0.5) is 0 Å². The monoisotopic (exact) mass is 474 g/mol. The predicted octanol–water partition coefficient (Wildman–Crippen LogP) is 5.79. The van der Waals surface area contributed by atoms with Crippen LogP contribution in [0.15, 0.2) is 73.1 Å². The predicted molar refractivity (Wildman–Crippen MR) is 133 cm³/mol. The van der Waals surface area contributed by atoms with E-state index in [1.165, 1.54) is 0 Å². The summed E-state index contributed by atoms with van der Waals surface area (Å²) in [4.78, 5) is 22.5. The van der Waals surface area contributed by atoms with Crippen molar-refractivity contribution in [2.45, 2.75) is 33.0 Å². The summed E-state index contributed by atoms with van der Waals surface area (Å²) < 4.78 is 11.3. The molecule has 0 radical (unpaired) electrons. The highest BCUT2D eigenvalue weighted by Crippen LogP contribution is 2.31. The van der Waals surface area contributed by atoms with Crippen LogP contribution in [0, 0.1) is 6.92 Å². The van der Waals surface area contributed by atoms with E-state index >= 15 is 0 Å². The van der Waals surface area contributed by atoms with Crippen LogP contribution in [-0.4, -0.2) is 33.8 Å². The summed E-state index contributed by atoms with van der Waals surface area (Å²) in [5.41, 5.74) is 4.10. The van der Waals surface area contributed by atoms with Crippen LogP contribution >= 0.6 is 11.3 Å². The van der Waals surface area contributed by atoms with Crippen molar-refractivity contribution >= 4 is 17.3 Å². The van der Waals surface area contributed by atoms with Crippen molar-refractivity contribution in [3.05, 3.63) is 89.1 Å². The third-order valence-corrected chi connectivity index (χ3v) is 6.56. The molecule has 0 aliphatic heterocycles. The molecule has 0 saturated carbocycles. The lowest BCUT2D eigenvalue weighted by molar-refractivity contribution is -0.149. The summed E-state index contributed by atoms with van der Waals surface area (Å²) in [6, 6.07) is 19.6. The Labute approximate surface area is 202 Å². The SMILES string of the molecule is CCOC(Cc1ccc(OCc2sc(-c3ncc(-c4ccccc4)cn3)cc2C)cc1)C(=O)O. The van der Waals surface area contributed by atoms with Crippen LogP contribution in [0.3, 0.4) is 0 Å². The molecule has 4 rings (SSSR count). The summed E-state index contributed by atoms with van der Waals surface area (Å²) >= 11 is 1.62. The third-order valence-electron chi connectivity index (χ3n) is 5.36. The van der Waals surface area contributed by atoms with Gasteiger partial charge in [-0.1, -0.05) is 42.5 Å². The lowest BCUT2D eigenvalue weighted by Gasteiger charge is -2.13. The van der Waals surface area contributed by atoms with Crippen molar-refractivity contribution in [1.29, 1.82) is 0 Å². The lowest BCUT2D eigenvalue weighted by atomic mass is 10.1. The second-order valence-electron chi connectivity index (χ2n) is 7.80. The maximum Gasteiger partial charge on any atom is 0.333 e. The van der Waals surface area contributed by atoms with Gasteiger partial charge in [-0.3, -0.25) is 0 Å². The van der Waals surface area contributed by atoms with Gasteiger partial charge in [0, 0.05) is 35.9 Å². The average molecular weight is 475 g/mol. The summed E-state index contributed by atoms with van der Waals surface area (Å²) in [7, 11) is 0. The molecule has 0 fully saturated rings. The lowest BCUT2D eigenvalue weighted by Crippen LogP contribution is -2.26. The second kappa shape index (κ2) is 11.0. The first kappa shape index (κ1) is 23.6. The van der Waals surface area contributed by atoms with Crippen LogP contribution in [-0.2, 0) is 22.6 Å². The van der Waals surface area contributed by atoms with Gasteiger partial charge in [0.05, 0.1) is 4.88 Å². The standard InChI is InChI=1S/C27H26N2O4S/c1-3-32-23(27(30)31)14-19-9-11-22(12-10-19)33-17-25-18(2)13-24(34-25)26-28-15-21(16-29-26)20-7-5-4-6-8-20/h4-13,15-16,23H,3,14,17H2,1-2H3,(H,30,31). The molecule has 2 aromatic carbocycles. The number of carbonyl (C=O) groups is 1. The maximum absolute atomic E-state index is 11.3. The van der Waals surface area contributed by atoms with Crippen molar-refractivity contribution in [2.24, 2.45) is 0 Å². The fraction of sp³-hybridized carbons (Fsp3) is 0.222. The van der Waals surface area contributed by atoms with Gasteiger partial charge < -0.3 is 14.6 Å². The number of thiophene rings is 1. The Kier molecular flexibility index (Phi) is 7.67. The maximum atomic E-state index is 11.3. The number of aromatic nitrogens is 2. The number of ether oxygens (including phenoxy) is 2. The molecular formula is C27H26N2O4S. The largest absolute Gasteiger partial charge is 0.488 e. The molecule has 0 amide bonds. The number of hydrogen-bond donors (Lipinski definition) is 1. The fourth-order valence-corrected chi connectivity index (χ4v) is 4.55. The number of carboxylic acids is 1. The molecule has 174 valence electrons. The van der Waals surface area contributed by atoms with Crippen molar-refractivity contribution in [1.82, 2.24) is 9.97 Å². The highest BCUT2D eigenvalue weighted by molar-refractivity contribution is 7.15. The molecule has 0 saturated heterocycles. The smallest absolute Gasteiger partial charge is 0.333 e. The number of hydrogen-bond acceptors (Lipinski definition) is 6. The van der Waals surface area contributed by atoms with Gasteiger partial charge in [-0.15, -0.1) is 11.3 Å². The number of rotatable bonds is 10. The van der Waals surface area contributed by atoms with Crippen LogP contribution in [0.1, 0.15) is 22.9 Å². The Balaban J connectivity index is 1.38. The van der Waals surface area contributed by atoms with Crippen molar-refractivity contribution in [3.63, 3.8) is 0 Å². The zero-order valence-electron chi connectivity index (χ0n) is 19.1. The number of aliphatic carboxylic acids is 1. The molecule has 1 unspecified atom stereocenters. The molecule has 6 nitrogen and oxygen atoms in total. The van der Waals surface area contributed by atoms with Gasteiger partial charge in [0.15, 0.2) is 11.9 Å². The van der Waals surface area contributed by atoms with E-state index in [9.17, 15) is 9.90 Å². The Morgan fingerprint density at radius 2 is 1.74 bits per heavy atom. The van der Waals surface area contributed by atoms with Crippen LogP contribution < -0.4 is 4.74 Å². The van der Waals surface area contributed by atoms with E-state index in [1.807, 2.05) is 67.0 Å². The minimum Gasteiger partial charge on any atom is -0.488 e. The van der Waals surface area contributed by atoms with E-state index < -0.39 is 12.1 Å². The third kappa shape index (κ3) is 5.87. The van der Waals surface area contributed by atoms with Gasteiger partial charge in [0.1, 0.15) is 12.4 Å². The summed E-state index contributed by atoms with van der Waals surface area (Å²) in [5, 5.41) is 9.25. The number of benzene rings is 2. The highest BCUT2D eigenvalue weighted by Gasteiger charge is 2.18. The minimum absolute atomic E-state index is 0.319. The summed E-state index contributed by atoms with van der Waals surface area (Å²) in [5.74, 6) is 0.473.